The third-order valence-corrected chi connectivity index (χ3v) is 2.94. The molecule has 84 valence electrons. The van der Waals surface area contributed by atoms with E-state index in [1.54, 1.807) is 0 Å². The predicted molar refractivity (Wildman–Crippen MR) is 70.2 cm³/mol. The predicted octanol–water partition coefficient (Wildman–Crippen LogP) is 3.38. The van der Waals surface area contributed by atoms with Crippen molar-refractivity contribution in [1.82, 2.24) is 9.55 Å². The summed E-state index contributed by atoms with van der Waals surface area (Å²) >= 11 is 3.55. The van der Waals surface area contributed by atoms with Crippen molar-refractivity contribution < 1.29 is 0 Å². The lowest BCUT2D eigenvalue weighted by Gasteiger charge is -2.09. The van der Waals surface area contributed by atoms with E-state index in [9.17, 15) is 0 Å². The summed E-state index contributed by atoms with van der Waals surface area (Å²) in [4.78, 5) is 4.45. The van der Waals surface area contributed by atoms with Crippen LogP contribution in [0.5, 0.6) is 0 Å². The van der Waals surface area contributed by atoms with Gasteiger partial charge in [0.2, 0.25) is 5.95 Å². The van der Waals surface area contributed by atoms with Gasteiger partial charge in [-0.3, -0.25) is 4.57 Å². The highest BCUT2D eigenvalue weighted by Gasteiger charge is 2.08. The first-order valence-electron chi connectivity index (χ1n) is 5.27. The average Bonchev–Trinajstić information content (AvgIpc) is 2.61. The fraction of sp³-hybridized carbons (Fsp3) is 0.250. The van der Waals surface area contributed by atoms with Crippen molar-refractivity contribution >= 4 is 21.9 Å². The van der Waals surface area contributed by atoms with Gasteiger partial charge < -0.3 is 5.32 Å². The SMILES string of the molecule is CCNc1nc(C)cn1-c1ccccc1Br. The second kappa shape index (κ2) is 4.70. The van der Waals surface area contributed by atoms with Crippen LogP contribution in [0.15, 0.2) is 34.9 Å². The lowest BCUT2D eigenvalue weighted by molar-refractivity contribution is 1.02. The van der Waals surface area contributed by atoms with Crippen LogP contribution < -0.4 is 5.32 Å². The Bertz CT molecular complexity index is 491. The normalized spacial score (nSPS) is 10.4. The van der Waals surface area contributed by atoms with Crippen LogP contribution in [0.1, 0.15) is 12.6 Å². The second-order valence-corrected chi connectivity index (χ2v) is 4.41. The van der Waals surface area contributed by atoms with E-state index in [1.807, 2.05) is 31.3 Å². The van der Waals surface area contributed by atoms with Gasteiger partial charge in [-0.1, -0.05) is 12.1 Å². The first kappa shape index (κ1) is 11.2. The molecule has 3 nitrogen and oxygen atoms in total. The van der Waals surface area contributed by atoms with Crippen molar-refractivity contribution in [2.24, 2.45) is 0 Å². The first-order chi connectivity index (χ1) is 7.72. The fourth-order valence-corrected chi connectivity index (χ4v) is 2.09. The minimum Gasteiger partial charge on any atom is -0.356 e. The molecule has 0 saturated carbocycles. The molecule has 1 N–H and O–H groups in total. The van der Waals surface area contributed by atoms with Crippen LogP contribution in [0.25, 0.3) is 5.69 Å². The summed E-state index contributed by atoms with van der Waals surface area (Å²) in [6.07, 6.45) is 2.03. The molecule has 0 radical (unpaired) electrons. The lowest BCUT2D eigenvalue weighted by Crippen LogP contribution is -2.05. The van der Waals surface area contributed by atoms with Crippen LogP contribution in [0.2, 0.25) is 0 Å². The van der Waals surface area contributed by atoms with Gasteiger partial charge in [-0.05, 0) is 41.9 Å². The molecule has 2 rings (SSSR count). The maximum absolute atomic E-state index is 4.45. The van der Waals surface area contributed by atoms with Crippen molar-refractivity contribution in [3.05, 3.63) is 40.6 Å². The molecule has 1 aromatic carbocycles. The van der Waals surface area contributed by atoms with Crippen molar-refractivity contribution in [2.45, 2.75) is 13.8 Å². The molecular formula is C12H14BrN3. The summed E-state index contributed by atoms with van der Waals surface area (Å²) in [5, 5.41) is 3.25. The maximum Gasteiger partial charge on any atom is 0.207 e. The molecule has 16 heavy (non-hydrogen) atoms. The van der Waals surface area contributed by atoms with Crippen LogP contribution >= 0.6 is 15.9 Å². The van der Waals surface area contributed by atoms with Gasteiger partial charge in [-0.2, -0.15) is 0 Å². The van der Waals surface area contributed by atoms with E-state index in [2.05, 4.69) is 43.8 Å². The summed E-state index contributed by atoms with van der Waals surface area (Å²) in [5.41, 5.74) is 2.10. The van der Waals surface area contributed by atoms with E-state index in [-0.39, 0.29) is 0 Å². The molecule has 0 amide bonds. The summed E-state index contributed by atoms with van der Waals surface area (Å²) in [6, 6.07) is 8.11. The molecule has 1 aromatic heterocycles. The number of rotatable bonds is 3. The third kappa shape index (κ3) is 2.11. The zero-order chi connectivity index (χ0) is 11.5. The summed E-state index contributed by atoms with van der Waals surface area (Å²) in [6.45, 7) is 4.92. The number of halogens is 1. The quantitative estimate of drug-likeness (QED) is 0.934. The van der Waals surface area contributed by atoms with Crippen molar-refractivity contribution in [3.63, 3.8) is 0 Å². The number of benzene rings is 1. The molecule has 0 unspecified atom stereocenters. The highest BCUT2D eigenvalue weighted by molar-refractivity contribution is 9.10. The Morgan fingerprint density at radius 2 is 2.12 bits per heavy atom. The number of para-hydroxylation sites is 1. The van der Waals surface area contributed by atoms with Crippen LogP contribution in [0.3, 0.4) is 0 Å². The van der Waals surface area contributed by atoms with Gasteiger partial charge in [0.25, 0.3) is 0 Å². The van der Waals surface area contributed by atoms with E-state index in [4.69, 9.17) is 0 Å². The van der Waals surface area contributed by atoms with Crippen molar-refractivity contribution in [1.29, 1.82) is 0 Å². The molecule has 4 heteroatoms. The highest BCUT2D eigenvalue weighted by atomic mass is 79.9. The van der Waals surface area contributed by atoms with Crippen molar-refractivity contribution in [2.75, 3.05) is 11.9 Å². The van der Waals surface area contributed by atoms with Gasteiger partial charge in [-0.15, -0.1) is 0 Å². The van der Waals surface area contributed by atoms with Gasteiger partial charge in [0.1, 0.15) is 0 Å². The molecule has 0 aliphatic carbocycles. The number of hydrogen-bond donors (Lipinski definition) is 1. The van der Waals surface area contributed by atoms with E-state index >= 15 is 0 Å². The maximum atomic E-state index is 4.45. The Balaban J connectivity index is 2.51. The van der Waals surface area contributed by atoms with Crippen LogP contribution in [-0.4, -0.2) is 16.1 Å². The van der Waals surface area contributed by atoms with Crippen LogP contribution in [0, 0.1) is 6.92 Å². The van der Waals surface area contributed by atoms with E-state index < -0.39 is 0 Å². The van der Waals surface area contributed by atoms with E-state index in [1.165, 1.54) is 0 Å². The Morgan fingerprint density at radius 1 is 1.38 bits per heavy atom. The van der Waals surface area contributed by atoms with Crippen LogP contribution in [0.4, 0.5) is 5.95 Å². The van der Waals surface area contributed by atoms with Gasteiger partial charge in [0.15, 0.2) is 0 Å². The topological polar surface area (TPSA) is 29.9 Å². The second-order valence-electron chi connectivity index (χ2n) is 3.56. The van der Waals surface area contributed by atoms with Gasteiger partial charge in [0, 0.05) is 17.2 Å². The molecule has 0 aliphatic heterocycles. The van der Waals surface area contributed by atoms with Crippen molar-refractivity contribution in [3.8, 4) is 5.69 Å². The molecule has 0 spiro atoms. The minimum absolute atomic E-state index is 0.862. The number of hydrogen-bond acceptors (Lipinski definition) is 2. The zero-order valence-corrected chi connectivity index (χ0v) is 11.0. The molecule has 0 atom stereocenters. The molecular weight excluding hydrogens is 266 g/mol. The van der Waals surface area contributed by atoms with E-state index in [0.29, 0.717) is 0 Å². The monoisotopic (exact) mass is 279 g/mol. The lowest BCUT2D eigenvalue weighted by atomic mass is 10.3. The van der Waals surface area contributed by atoms with Gasteiger partial charge in [-0.25, -0.2) is 4.98 Å². The van der Waals surface area contributed by atoms with Gasteiger partial charge in [0.05, 0.1) is 11.4 Å². The number of nitrogens with one attached hydrogen (secondary N) is 1. The smallest absolute Gasteiger partial charge is 0.207 e. The number of aryl methyl sites for hydroxylation is 1. The molecule has 0 fully saturated rings. The number of aromatic nitrogens is 2. The summed E-state index contributed by atoms with van der Waals surface area (Å²) in [7, 11) is 0. The first-order valence-corrected chi connectivity index (χ1v) is 6.06. The fourth-order valence-electron chi connectivity index (χ4n) is 1.61. The standard InChI is InChI=1S/C12H14BrN3/c1-3-14-12-15-9(2)8-16(12)11-7-5-4-6-10(11)13/h4-8H,3H2,1-2H3,(H,14,15). The largest absolute Gasteiger partial charge is 0.356 e. The average molecular weight is 280 g/mol. The third-order valence-electron chi connectivity index (χ3n) is 2.27. The zero-order valence-electron chi connectivity index (χ0n) is 9.37. The number of nitrogens with zero attached hydrogens (tertiary/aromatic N) is 2. The summed E-state index contributed by atoms with van der Waals surface area (Å²) < 4.78 is 3.12. The van der Waals surface area contributed by atoms with Crippen LogP contribution in [-0.2, 0) is 0 Å². The Hall–Kier alpha value is -1.29. The number of imidazole rings is 1. The Labute approximate surface area is 104 Å². The Kier molecular flexibility index (Phi) is 3.29. The van der Waals surface area contributed by atoms with E-state index in [0.717, 1.165) is 28.3 Å². The highest BCUT2D eigenvalue weighted by Crippen LogP contribution is 2.24. The van der Waals surface area contributed by atoms with Gasteiger partial charge >= 0.3 is 0 Å². The molecule has 1 heterocycles. The minimum atomic E-state index is 0.862. The number of anilines is 1. The molecule has 0 bridgehead atoms. The molecule has 0 saturated heterocycles. The molecule has 2 aromatic rings. The molecule has 0 aliphatic rings. The summed E-state index contributed by atoms with van der Waals surface area (Å²) in [5.74, 6) is 0.881. The Morgan fingerprint density at radius 3 is 2.81 bits per heavy atom.